The third kappa shape index (κ3) is 7.99. The van der Waals surface area contributed by atoms with E-state index in [1.54, 1.807) is 6.08 Å². The van der Waals surface area contributed by atoms with Gasteiger partial charge in [-0.3, -0.25) is 4.79 Å². The highest BCUT2D eigenvalue weighted by atomic mass is 16.5. The second-order valence-corrected chi connectivity index (χ2v) is 6.26. The van der Waals surface area contributed by atoms with Gasteiger partial charge in [-0.25, -0.2) is 0 Å². The third-order valence-electron chi connectivity index (χ3n) is 3.99. The molecule has 0 radical (unpaired) electrons. The average Bonchev–Trinajstić information content (AvgIpc) is 2.68. The lowest BCUT2D eigenvalue weighted by atomic mass is 10.2. The molecule has 4 heteroatoms. The number of hydrogen-bond donors (Lipinski definition) is 1. The Hall–Kier alpha value is -2.75. The molecule has 0 unspecified atom stereocenters. The predicted octanol–water partition coefficient (Wildman–Crippen LogP) is 5.70. The first kappa shape index (κ1) is 20.6. The monoisotopic (exact) mass is 367 g/mol. The van der Waals surface area contributed by atoms with E-state index in [0.29, 0.717) is 13.2 Å². The highest BCUT2D eigenvalue weighted by Gasteiger charge is 2.01. The Kier molecular flexibility index (Phi) is 8.98. The van der Waals surface area contributed by atoms with Crippen LogP contribution in [0.4, 0.5) is 5.69 Å². The molecule has 2 aromatic rings. The van der Waals surface area contributed by atoms with Crippen LogP contribution in [0.5, 0.6) is 11.5 Å². The van der Waals surface area contributed by atoms with Crippen LogP contribution in [-0.4, -0.2) is 19.1 Å². The van der Waals surface area contributed by atoms with Crippen molar-refractivity contribution in [2.75, 3.05) is 18.5 Å². The molecule has 0 aliphatic rings. The summed E-state index contributed by atoms with van der Waals surface area (Å²) in [4.78, 5) is 12.1. The van der Waals surface area contributed by atoms with Crippen molar-refractivity contribution in [2.24, 2.45) is 0 Å². The highest BCUT2D eigenvalue weighted by molar-refractivity contribution is 6.02. The van der Waals surface area contributed by atoms with Crippen LogP contribution in [0.25, 0.3) is 6.08 Å². The van der Waals surface area contributed by atoms with Crippen LogP contribution in [0.2, 0.25) is 0 Å². The zero-order valence-corrected chi connectivity index (χ0v) is 16.2. The Labute approximate surface area is 162 Å². The van der Waals surface area contributed by atoms with E-state index < -0.39 is 0 Å². The summed E-state index contributed by atoms with van der Waals surface area (Å²) in [5, 5.41) is 2.86. The SMILES string of the molecule is CCCCCCOc1cccc(NC(=O)/C=C/c2ccc(OCC)cc2)c1. The van der Waals surface area contributed by atoms with E-state index in [4.69, 9.17) is 9.47 Å². The van der Waals surface area contributed by atoms with Crippen LogP contribution in [-0.2, 0) is 4.79 Å². The molecule has 4 nitrogen and oxygen atoms in total. The Bertz CT molecular complexity index is 723. The zero-order valence-electron chi connectivity index (χ0n) is 16.2. The van der Waals surface area contributed by atoms with Crippen LogP contribution >= 0.6 is 0 Å². The molecule has 0 fully saturated rings. The minimum atomic E-state index is -0.177. The molecular weight excluding hydrogens is 338 g/mol. The fourth-order valence-corrected chi connectivity index (χ4v) is 2.58. The quantitative estimate of drug-likeness (QED) is 0.409. The number of anilines is 1. The summed E-state index contributed by atoms with van der Waals surface area (Å²) in [6.07, 6.45) is 7.98. The molecule has 0 bridgehead atoms. The first-order valence-corrected chi connectivity index (χ1v) is 9.66. The van der Waals surface area contributed by atoms with Crippen LogP contribution in [0.3, 0.4) is 0 Å². The van der Waals surface area contributed by atoms with Gasteiger partial charge in [-0.05, 0) is 49.2 Å². The minimum absolute atomic E-state index is 0.177. The summed E-state index contributed by atoms with van der Waals surface area (Å²) in [5.74, 6) is 1.43. The van der Waals surface area contributed by atoms with E-state index >= 15 is 0 Å². The smallest absolute Gasteiger partial charge is 0.248 e. The molecule has 1 amide bonds. The maximum atomic E-state index is 12.1. The molecule has 144 valence electrons. The van der Waals surface area contributed by atoms with E-state index in [1.807, 2.05) is 55.5 Å². The average molecular weight is 367 g/mol. The summed E-state index contributed by atoms with van der Waals surface area (Å²) >= 11 is 0. The summed E-state index contributed by atoms with van der Waals surface area (Å²) in [6, 6.07) is 15.1. The molecule has 0 saturated heterocycles. The summed E-state index contributed by atoms with van der Waals surface area (Å²) < 4.78 is 11.2. The number of benzene rings is 2. The van der Waals surface area contributed by atoms with Gasteiger partial charge in [0.15, 0.2) is 0 Å². The fraction of sp³-hybridized carbons (Fsp3) is 0.348. The van der Waals surface area contributed by atoms with E-state index in [1.165, 1.54) is 25.3 Å². The van der Waals surface area contributed by atoms with Crippen molar-refractivity contribution in [3.05, 3.63) is 60.2 Å². The molecule has 2 rings (SSSR count). The molecule has 0 aliphatic carbocycles. The van der Waals surface area contributed by atoms with Crippen LogP contribution < -0.4 is 14.8 Å². The molecule has 2 aromatic carbocycles. The van der Waals surface area contributed by atoms with Gasteiger partial charge in [0.25, 0.3) is 0 Å². The zero-order chi connectivity index (χ0) is 19.3. The lowest BCUT2D eigenvalue weighted by Crippen LogP contribution is -2.08. The fourth-order valence-electron chi connectivity index (χ4n) is 2.58. The van der Waals surface area contributed by atoms with Crippen LogP contribution in [0, 0.1) is 0 Å². The van der Waals surface area contributed by atoms with Gasteiger partial charge in [-0.1, -0.05) is 44.4 Å². The largest absolute Gasteiger partial charge is 0.494 e. The maximum Gasteiger partial charge on any atom is 0.248 e. The molecule has 0 aromatic heterocycles. The van der Waals surface area contributed by atoms with Gasteiger partial charge in [0, 0.05) is 17.8 Å². The van der Waals surface area contributed by atoms with Gasteiger partial charge < -0.3 is 14.8 Å². The molecule has 0 aliphatic heterocycles. The van der Waals surface area contributed by atoms with Gasteiger partial charge in [0.05, 0.1) is 13.2 Å². The van der Waals surface area contributed by atoms with Gasteiger partial charge in [-0.15, -0.1) is 0 Å². The number of unbranched alkanes of at least 4 members (excludes halogenated alkanes) is 3. The third-order valence-corrected chi connectivity index (χ3v) is 3.99. The van der Waals surface area contributed by atoms with Gasteiger partial charge in [0.2, 0.25) is 5.91 Å². The Morgan fingerprint density at radius 1 is 0.963 bits per heavy atom. The first-order chi connectivity index (χ1) is 13.2. The topological polar surface area (TPSA) is 47.6 Å². The minimum Gasteiger partial charge on any atom is -0.494 e. The number of amides is 1. The van der Waals surface area contributed by atoms with Gasteiger partial charge in [0.1, 0.15) is 11.5 Å². The second-order valence-electron chi connectivity index (χ2n) is 6.26. The second kappa shape index (κ2) is 11.8. The molecule has 0 heterocycles. The predicted molar refractivity (Wildman–Crippen MR) is 111 cm³/mol. The molecule has 27 heavy (non-hydrogen) atoms. The van der Waals surface area contributed by atoms with E-state index in [0.717, 1.165) is 29.2 Å². The molecule has 1 N–H and O–H groups in total. The standard InChI is InChI=1S/C23H29NO3/c1-3-5-6-7-17-27-22-10-8-9-20(18-22)24-23(25)16-13-19-11-14-21(15-12-19)26-4-2/h8-16,18H,3-7,17H2,1-2H3,(H,24,25)/b16-13+. The van der Waals surface area contributed by atoms with Gasteiger partial charge in [-0.2, -0.15) is 0 Å². The molecule has 0 spiro atoms. The van der Waals surface area contributed by atoms with E-state index in [2.05, 4.69) is 12.2 Å². The van der Waals surface area contributed by atoms with Crippen LogP contribution in [0.1, 0.15) is 45.1 Å². The van der Waals surface area contributed by atoms with Crippen LogP contribution in [0.15, 0.2) is 54.6 Å². The molecule has 0 atom stereocenters. The van der Waals surface area contributed by atoms with E-state index in [-0.39, 0.29) is 5.91 Å². The number of ether oxygens (including phenoxy) is 2. The number of nitrogens with one attached hydrogen (secondary N) is 1. The van der Waals surface area contributed by atoms with Crippen molar-refractivity contribution in [2.45, 2.75) is 39.5 Å². The Morgan fingerprint density at radius 3 is 2.52 bits per heavy atom. The number of carbonyl (C=O) groups is 1. The number of hydrogen-bond acceptors (Lipinski definition) is 3. The van der Waals surface area contributed by atoms with Crippen molar-refractivity contribution >= 4 is 17.7 Å². The van der Waals surface area contributed by atoms with Crippen molar-refractivity contribution in [3.63, 3.8) is 0 Å². The Balaban J connectivity index is 1.83. The number of carbonyl (C=O) groups excluding carboxylic acids is 1. The van der Waals surface area contributed by atoms with Gasteiger partial charge >= 0.3 is 0 Å². The molecular formula is C23H29NO3. The van der Waals surface area contributed by atoms with Crippen molar-refractivity contribution in [3.8, 4) is 11.5 Å². The normalized spacial score (nSPS) is 10.7. The first-order valence-electron chi connectivity index (χ1n) is 9.66. The number of rotatable bonds is 11. The maximum absolute atomic E-state index is 12.1. The van der Waals surface area contributed by atoms with E-state index in [9.17, 15) is 4.79 Å². The van der Waals surface area contributed by atoms with Crippen molar-refractivity contribution in [1.82, 2.24) is 0 Å². The lowest BCUT2D eigenvalue weighted by molar-refractivity contribution is -0.111. The lowest BCUT2D eigenvalue weighted by Gasteiger charge is -2.08. The van der Waals surface area contributed by atoms with Crippen molar-refractivity contribution in [1.29, 1.82) is 0 Å². The summed E-state index contributed by atoms with van der Waals surface area (Å²) in [6.45, 7) is 5.48. The van der Waals surface area contributed by atoms with Crippen molar-refractivity contribution < 1.29 is 14.3 Å². The Morgan fingerprint density at radius 2 is 1.78 bits per heavy atom. The molecule has 0 saturated carbocycles. The highest BCUT2D eigenvalue weighted by Crippen LogP contribution is 2.18. The summed E-state index contributed by atoms with van der Waals surface area (Å²) in [5.41, 5.74) is 1.67. The summed E-state index contributed by atoms with van der Waals surface area (Å²) in [7, 11) is 0.